The first-order chi connectivity index (χ1) is 10.5. The second-order valence-corrected chi connectivity index (χ2v) is 5.04. The second kappa shape index (κ2) is 7.09. The summed E-state index contributed by atoms with van der Waals surface area (Å²) in [7, 11) is 0. The number of carbonyl (C=O) groups excluding carboxylic acids is 2. The van der Waals surface area contributed by atoms with Gasteiger partial charge in [0.1, 0.15) is 10.9 Å². The Balaban J connectivity index is 1.88. The highest BCUT2D eigenvalue weighted by Crippen LogP contribution is 2.19. The van der Waals surface area contributed by atoms with Crippen molar-refractivity contribution in [3.05, 3.63) is 52.2 Å². The Kier molecular flexibility index (Phi) is 5.16. The molecule has 1 amide bonds. The fraction of sp³-hybridized carbons (Fsp3) is 0.267. The molecule has 0 saturated heterocycles. The molecule has 0 aliphatic rings. The van der Waals surface area contributed by atoms with Gasteiger partial charge in [-0.15, -0.1) is 0 Å². The molecule has 7 heteroatoms. The van der Waals surface area contributed by atoms with Crippen LogP contribution in [0.15, 0.2) is 28.9 Å². The van der Waals surface area contributed by atoms with E-state index in [9.17, 15) is 9.59 Å². The lowest BCUT2D eigenvalue weighted by atomic mass is 10.1. The number of hydrogen-bond acceptors (Lipinski definition) is 5. The summed E-state index contributed by atoms with van der Waals surface area (Å²) in [5.41, 5.74) is 1.53. The van der Waals surface area contributed by atoms with Crippen LogP contribution in [0.1, 0.15) is 27.4 Å². The number of halogens is 1. The normalized spacial score (nSPS) is 10.3. The van der Waals surface area contributed by atoms with Crippen LogP contribution in [0.3, 0.4) is 0 Å². The first kappa shape index (κ1) is 16.0. The molecule has 0 spiro atoms. The minimum Gasteiger partial charge on any atom is -0.467 e. The van der Waals surface area contributed by atoms with Gasteiger partial charge >= 0.3 is 5.97 Å². The van der Waals surface area contributed by atoms with E-state index in [-0.39, 0.29) is 17.3 Å². The SMILES string of the molecule is Cc1cc(C)c(C(=O)OCC(=O)NCc2ccco2)c(Cl)n1. The minimum absolute atomic E-state index is 0.0680. The van der Waals surface area contributed by atoms with Gasteiger partial charge in [-0.2, -0.15) is 0 Å². The number of rotatable bonds is 5. The van der Waals surface area contributed by atoms with Gasteiger partial charge in [0.05, 0.1) is 18.4 Å². The Morgan fingerprint density at radius 1 is 1.41 bits per heavy atom. The molecule has 0 aliphatic heterocycles. The molecule has 6 nitrogen and oxygen atoms in total. The molecule has 0 aliphatic carbocycles. The summed E-state index contributed by atoms with van der Waals surface area (Å²) in [4.78, 5) is 27.6. The number of aromatic nitrogens is 1. The van der Waals surface area contributed by atoms with Crippen molar-refractivity contribution in [1.29, 1.82) is 0 Å². The zero-order valence-electron chi connectivity index (χ0n) is 12.2. The van der Waals surface area contributed by atoms with E-state index in [1.807, 2.05) is 0 Å². The Bertz CT molecular complexity index is 660. The summed E-state index contributed by atoms with van der Waals surface area (Å²) < 4.78 is 10.0. The van der Waals surface area contributed by atoms with E-state index >= 15 is 0 Å². The summed E-state index contributed by atoms with van der Waals surface area (Å²) in [5, 5.41) is 2.64. The Labute approximate surface area is 132 Å². The highest BCUT2D eigenvalue weighted by molar-refractivity contribution is 6.32. The maximum atomic E-state index is 12.0. The van der Waals surface area contributed by atoms with Crippen molar-refractivity contribution in [2.75, 3.05) is 6.61 Å². The molecule has 0 atom stereocenters. The predicted octanol–water partition coefficient (Wildman–Crippen LogP) is 2.42. The molecule has 22 heavy (non-hydrogen) atoms. The van der Waals surface area contributed by atoms with E-state index in [0.29, 0.717) is 17.0 Å². The molecule has 2 aromatic heterocycles. The van der Waals surface area contributed by atoms with E-state index in [2.05, 4.69) is 10.3 Å². The van der Waals surface area contributed by atoms with Gasteiger partial charge in [0.2, 0.25) is 0 Å². The summed E-state index contributed by atoms with van der Waals surface area (Å²) in [6.45, 7) is 3.34. The highest BCUT2D eigenvalue weighted by atomic mass is 35.5. The van der Waals surface area contributed by atoms with Crippen LogP contribution in [-0.4, -0.2) is 23.5 Å². The van der Waals surface area contributed by atoms with Crippen molar-refractivity contribution in [2.24, 2.45) is 0 Å². The zero-order chi connectivity index (χ0) is 16.1. The van der Waals surface area contributed by atoms with Crippen LogP contribution >= 0.6 is 11.6 Å². The van der Waals surface area contributed by atoms with E-state index in [0.717, 1.165) is 0 Å². The van der Waals surface area contributed by atoms with Gasteiger partial charge in [-0.1, -0.05) is 11.6 Å². The smallest absolute Gasteiger partial charge is 0.342 e. The summed E-state index contributed by atoms with van der Waals surface area (Å²) in [6.07, 6.45) is 1.51. The number of ether oxygens (including phenoxy) is 1. The molecule has 0 radical (unpaired) electrons. The van der Waals surface area contributed by atoms with Gasteiger partial charge in [-0.05, 0) is 37.6 Å². The second-order valence-electron chi connectivity index (χ2n) is 4.68. The Morgan fingerprint density at radius 3 is 2.82 bits per heavy atom. The molecule has 0 aromatic carbocycles. The molecule has 2 rings (SSSR count). The fourth-order valence-corrected chi connectivity index (χ4v) is 2.25. The molecule has 2 heterocycles. The lowest BCUT2D eigenvalue weighted by molar-refractivity contribution is -0.124. The lowest BCUT2D eigenvalue weighted by Crippen LogP contribution is -2.28. The summed E-state index contributed by atoms with van der Waals surface area (Å²) >= 11 is 5.95. The predicted molar refractivity (Wildman–Crippen MR) is 79.6 cm³/mol. The van der Waals surface area contributed by atoms with Gasteiger partial charge in [-0.25, -0.2) is 9.78 Å². The fourth-order valence-electron chi connectivity index (χ4n) is 1.89. The average Bonchev–Trinajstić information content (AvgIpc) is 2.95. The maximum Gasteiger partial charge on any atom is 0.342 e. The van der Waals surface area contributed by atoms with Crippen LogP contribution in [0.25, 0.3) is 0 Å². The number of pyridine rings is 1. The van der Waals surface area contributed by atoms with Crippen molar-refractivity contribution >= 4 is 23.5 Å². The Hall–Kier alpha value is -2.34. The standard InChI is InChI=1S/C15H15ClN2O4/c1-9-6-10(2)18-14(16)13(9)15(20)22-8-12(19)17-7-11-4-3-5-21-11/h3-6H,7-8H2,1-2H3,(H,17,19). The van der Waals surface area contributed by atoms with Gasteiger partial charge in [0.25, 0.3) is 5.91 Å². The van der Waals surface area contributed by atoms with Crippen molar-refractivity contribution in [1.82, 2.24) is 10.3 Å². The van der Waals surface area contributed by atoms with E-state index in [1.165, 1.54) is 6.26 Å². The van der Waals surface area contributed by atoms with Crippen LogP contribution in [-0.2, 0) is 16.1 Å². The average molecular weight is 323 g/mol. The van der Waals surface area contributed by atoms with Gasteiger partial charge in [-0.3, -0.25) is 4.79 Å². The topological polar surface area (TPSA) is 81.4 Å². The summed E-state index contributed by atoms with van der Waals surface area (Å²) in [5.74, 6) is -0.497. The summed E-state index contributed by atoms with van der Waals surface area (Å²) in [6, 6.07) is 5.17. The van der Waals surface area contributed by atoms with Crippen LogP contribution in [0.2, 0.25) is 5.15 Å². The van der Waals surface area contributed by atoms with Gasteiger partial charge < -0.3 is 14.5 Å². The van der Waals surface area contributed by atoms with Crippen molar-refractivity contribution in [3.63, 3.8) is 0 Å². The molecule has 0 unspecified atom stereocenters. The van der Waals surface area contributed by atoms with Crippen LogP contribution in [0.5, 0.6) is 0 Å². The number of furan rings is 1. The van der Waals surface area contributed by atoms with Crippen molar-refractivity contribution in [3.8, 4) is 0 Å². The Morgan fingerprint density at radius 2 is 2.18 bits per heavy atom. The van der Waals surface area contributed by atoms with E-state index < -0.39 is 18.5 Å². The van der Waals surface area contributed by atoms with Crippen LogP contribution < -0.4 is 5.32 Å². The third-order valence-electron chi connectivity index (χ3n) is 2.88. The van der Waals surface area contributed by atoms with E-state index in [1.54, 1.807) is 32.0 Å². The molecular formula is C15H15ClN2O4. The maximum absolute atomic E-state index is 12.0. The monoisotopic (exact) mass is 322 g/mol. The first-order valence-corrected chi connectivity index (χ1v) is 6.95. The van der Waals surface area contributed by atoms with Crippen molar-refractivity contribution < 1.29 is 18.7 Å². The largest absolute Gasteiger partial charge is 0.467 e. The van der Waals surface area contributed by atoms with Gasteiger partial charge in [0.15, 0.2) is 6.61 Å². The highest BCUT2D eigenvalue weighted by Gasteiger charge is 2.18. The quantitative estimate of drug-likeness (QED) is 0.675. The number of carbonyl (C=O) groups is 2. The molecular weight excluding hydrogens is 308 g/mol. The number of nitrogens with one attached hydrogen (secondary N) is 1. The van der Waals surface area contributed by atoms with Crippen molar-refractivity contribution in [2.45, 2.75) is 20.4 Å². The first-order valence-electron chi connectivity index (χ1n) is 6.57. The zero-order valence-corrected chi connectivity index (χ0v) is 12.9. The third-order valence-corrected chi connectivity index (χ3v) is 3.15. The number of hydrogen-bond donors (Lipinski definition) is 1. The van der Waals surface area contributed by atoms with Crippen LogP contribution in [0, 0.1) is 13.8 Å². The van der Waals surface area contributed by atoms with Gasteiger partial charge in [0, 0.05) is 5.69 Å². The third kappa shape index (κ3) is 4.08. The number of amides is 1. The number of esters is 1. The molecule has 0 fully saturated rings. The molecule has 2 aromatic rings. The molecule has 0 bridgehead atoms. The minimum atomic E-state index is -0.678. The lowest BCUT2D eigenvalue weighted by Gasteiger charge is -2.09. The molecule has 116 valence electrons. The number of aryl methyl sites for hydroxylation is 2. The van der Waals surface area contributed by atoms with E-state index in [4.69, 9.17) is 20.8 Å². The molecule has 0 saturated carbocycles. The number of nitrogens with zero attached hydrogens (tertiary/aromatic N) is 1. The van der Waals surface area contributed by atoms with Crippen LogP contribution in [0.4, 0.5) is 0 Å². The molecule has 1 N–H and O–H groups in total.